The summed E-state index contributed by atoms with van der Waals surface area (Å²) in [6, 6.07) is 5.47. The Morgan fingerprint density at radius 2 is 1.66 bits per heavy atom. The lowest BCUT2D eigenvalue weighted by Gasteiger charge is -2.39. The molecule has 0 spiro atoms. The van der Waals surface area contributed by atoms with Crippen LogP contribution in [0, 0.1) is 16.0 Å². The summed E-state index contributed by atoms with van der Waals surface area (Å²) in [5.74, 6) is 0.625. The number of non-ortho nitro benzene ring substituents is 1. The van der Waals surface area contributed by atoms with Crippen LogP contribution in [0.15, 0.2) is 18.2 Å². The Morgan fingerprint density at radius 3 is 2.28 bits per heavy atom. The number of hydrogen-bond donors (Lipinski definition) is 0. The number of amides is 1. The van der Waals surface area contributed by atoms with Gasteiger partial charge in [0, 0.05) is 57.4 Å². The highest BCUT2D eigenvalue weighted by Crippen LogP contribution is 2.31. The molecule has 1 aromatic rings. The number of rotatable bonds is 4. The van der Waals surface area contributed by atoms with Crippen LogP contribution < -0.4 is 4.90 Å². The Labute approximate surface area is 172 Å². The molecule has 7 heteroatoms. The Hall–Kier alpha value is -2.15. The fourth-order valence-corrected chi connectivity index (χ4v) is 5.06. The Bertz CT molecular complexity index is 746. The van der Waals surface area contributed by atoms with Gasteiger partial charge in [0.2, 0.25) is 0 Å². The van der Waals surface area contributed by atoms with E-state index in [-0.39, 0.29) is 11.6 Å². The maximum absolute atomic E-state index is 13.4. The third kappa shape index (κ3) is 4.39. The number of nitro benzene ring substituents is 1. The standard InChI is InChI=1S/C22H32N4O3/c1-17-8-10-24(11-9-17)21-7-6-19(26(28)29)16-20(21)22(27)25-14-12-23(13-15-25)18-4-2-3-5-18/h6-7,16-18H,2-5,8-15H2,1H3. The third-order valence-corrected chi connectivity index (χ3v) is 6.99. The van der Waals surface area contributed by atoms with Gasteiger partial charge in [-0.3, -0.25) is 19.8 Å². The molecule has 2 heterocycles. The number of hydrogen-bond acceptors (Lipinski definition) is 5. The van der Waals surface area contributed by atoms with Crippen LogP contribution >= 0.6 is 0 Å². The molecule has 0 N–H and O–H groups in total. The average molecular weight is 401 g/mol. The van der Waals surface area contributed by atoms with Gasteiger partial charge in [-0.1, -0.05) is 19.8 Å². The lowest BCUT2D eigenvalue weighted by atomic mass is 9.97. The monoisotopic (exact) mass is 400 g/mol. The molecule has 0 aromatic heterocycles. The number of nitro groups is 1. The van der Waals surface area contributed by atoms with Crippen molar-refractivity contribution in [2.24, 2.45) is 5.92 Å². The number of anilines is 1. The van der Waals surface area contributed by atoms with E-state index in [0.29, 0.717) is 30.6 Å². The molecule has 1 aliphatic carbocycles. The summed E-state index contributed by atoms with van der Waals surface area (Å²) in [4.78, 5) is 31.0. The van der Waals surface area contributed by atoms with E-state index in [4.69, 9.17) is 0 Å². The van der Waals surface area contributed by atoms with Crippen LogP contribution in [0.5, 0.6) is 0 Å². The SMILES string of the molecule is CC1CCN(c2ccc([N+](=O)[O-])cc2C(=O)N2CCN(C3CCCC3)CC2)CC1. The second-order valence-corrected chi connectivity index (χ2v) is 8.89. The van der Waals surface area contributed by atoms with Crippen molar-refractivity contribution >= 4 is 17.3 Å². The fraction of sp³-hybridized carbons (Fsp3) is 0.682. The highest BCUT2D eigenvalue weighted by molar-refractivity contribution is 6.00. The summed E-state index contributed by atoms with van der Waals surface area (Å²) in [6.07, 6.45) is 7.35. The van der Waals surface area contributed by atoms with Gasteiger partial charge in [-0.25, -0.2) is 0 Å². The largest absolute Gasteiger partial charge is 0.371 e. The summed E-state index contributed by atoms with van der Waals surface area (Å²) < 4.78 is 0. The number of carbonyl (C=O) groups is 1. The molecule has 4 rings (SSSR count). The molecule has 2 saturated heterocycles. The summed E-state index contributed by atoms with van der Waals surface area (Å²) in [6.45, 7) is 7.26. The van der Waals surface area contributed by atoms with E-state index in [0.717, 1.165) is 44.7 Å². The van der Waals surface area contributed by atoms with Crippen LogP contribution in [0.4, 0.5) is 11.4 Å². The molecule has 3 fully saturated rings. The maximum atomic E-state index is 13.4. The molecule has 3 aliphatic rings. The fourth-order valence-electron chi connectivity index (χ4n) is 5.06. The zero-order chi connectivity index (χ0) is 20.4. The average Bonchev–Trinajstić information content (AvgIpc) is 3.28. The molecule has 0 radical (unpaired) electrons. The van der Waals surface area contributed by atoms with Gasteiger partial charge in [0.05, 0.1) is 16.2 Å². The molecule has 0 bridgehead atoms. The van der Waals surface area contributed by atoms with Gasteiger partial charge in [0.15, 0.2) is 0 Å². The topological polar surface area (TPSA) is 69.9 Å². The Balaban J connectivity index is 1.51. The van der Waals surface area contributed by atoms with Crippen molar-refractivity contribution in [1.29, 1.82) is 0 Å². The summed E-state index contributed by atoms with van der Waals surface area (Å²) in [5, 5.41) is 11.3. The molecule has 158 valence electrons. The number of piperazine rings is 1. The molecular weight excluding hydrogens is 368 g/mol. The molecule has 29 heavy (non-hydrogen) atoms. The smallest absolute Gasteiger partial charge is 0.270 e. The minimum absolute atomic E-state index is 0.00734. The number of nitrogens with zero attached hydrogens (tertiary/aromatic N) is 4. The second-order valence-electron chi connectivity index (χ2n) is 8.89. The predicted molar refractivity (Wildman–Crippen MR) is 113 cm³/mol. The van der Waals surface area contributed by atoms with Crippen LogP contribution in [0.25, 0.3) is 0 Å². The van der Waals surface area contributed by atoms with Gasteiger partial charge in [-0.2, -0.15) is 0 Å². The first-order valence-electron chi connectivity index (χ1n) is 11.1. The summed E-state index contributed by atoms with van der Waals surface area (Å²) in [5.41, 5.74) is 1.33. The molecule has 1 saturated carbocycles. The van der Waals surface area contributed by atoms with E-state index < -0.39 is 4.92 Å². The number of piperidine rings is 1. The zero-order valence-corrected chi connectivity index (χ0v) is 17.4. The Morgan fingerprint density at radius 1 is 1.00 bits per heavy atom. The van der Waals surface area contributed by atoms with Crippen molar-refractivity contribution < 1.29 is 9.72 Å². The first kappa shape index (κ1) is 20.1. The summed E-state index contributed by atoms with van der Waals surface area (Å²) >= 11 is 0. The van der Waals surface area contributed by atoms with Crippen molar-refractivity contribution in [2.45, 2.75) is 51.5 Å². The van der Waals surface area contributed by atoms with Crippen molar-refractivity contribution in [3.63, 3.8) is 0 Å². The normalized spacial score (nSPS) is 22.2. The minimum Gasteiger partial charge on any atom is -0.371 e. The lowest BCUT2D eigenvalue weighted by Crippen LogP contribution is -2.51. The quantitative estimate of drug-likeness (QED) is 0.571. The lowest BCUT2D eigenvalue weighted by molar-refractivity contribution is -0.384. The summed E-state index contributed by atoms with van der Waals surface area (Å²) in [7, 11) is 0. The van der Waals surface area contributed by atoms with Crippen molar-refractivity contribution in [3.05, 3.63) is 33.9 Å². The van der Waals surface area contributed by atoms with Crippen LogP contribution in [-0.2, 0) is 0 Å². The van der Waals surface area contributed by atoms with Gasteiger partial charge < -0.3 is 9.80 Å². The first-order chi connectivity index (χ1) is 14.0. The second kappa shape index (κ2) is 8.69. The van der Waals surface area contributed by atoms with E-state index in [2.05, 4.69) is 16.7 Å². The van der Waals surface area contributed by atoms with Gasteiger partial charge >= 0.3 is 0 Å². The molecule has 2 aliphatic heterocycles. The van der Waals surface area contributed by atoms with E-state index in [1.54, 1.807) is 6.07 Å². The molecule has 0 atom stereocenters. The van der Waals surface area contributed by atoms with E-state index >= 15 is 0 Å². The van der Waals surface area contributed by atoms with E-state index in [9.17, 15) is 14.9 Å². The highest BCUT2D eigenvalue weighted by Gasteiger charge is 2.31. The number of benzene rings is 1. The first-order valence-corrected chi connectivity index (χ1v) is 11.1. The molecule has 1 amide bonds. The van der Waals surface area contributed by atoms with Crippen molar-refractivity contribution in [1.82, 2.24) is 9.80 Å². The number of carbonyl (C=O) groups excluding carboxylic acids is 1. The van der Waals surface area contributed by atoms with Crippen LogP contribution in [0.1, 0.15) is 55.8 Å². The minimum atomic E-state index is -0.406. The van der Waals surface area contributed by atoms with Gasteiger partial charge in [0.25, 0.3) is 11.6 Å². The van der Waals surface area contributed by atoms with Gasteiger partial charge in [-0.05, 0) is 37.7 Å². The van der Waals surface area contributed by atoms with E-state index in [1.807, 2.05) is 4.90 Å². The predicted octanol–water partition coefficient (Wildman–Crippen LogP) is 3.53. The van der Waals surface area contributed by atoms with Crippen LogP contribution in [0.2, 0.25) is 0 Å². The van der Waals surface area contributed by atoms with Gasteiger partial charge in [-0.15, -0.1) is 0 Å². The zero-order valence-electron chi connectivity index (χ0n) is 17.4. The maximum Gasteiger partial charge on any atom is 0.270 e. The third-order valence-electron chi connectivity index (χ3n) is 6.99. The van der Waals surface area contributed by atoms with Crippen LogP contribution in [0.3, 0.4) is 0 Å². The molecular formula is C22H32N4O3. The molecule has 7 nitrogen and oxygen atoms in total. The van der Waals surface area contributed by atoms with E-state index in [1.165, 1.54) is 37.8 Å². The highest BCUT2D eigenvalue weighted by atomic mass is 16.6. The van der Waals surface area contributed by atoms with Crippen molar-refractivity contribution in [2.75, 3.05) is 44.2 Å². The Kier molecular flexibility index (Phi) is 6.04. The van der Waals surface area contributed by atoms with Crippen LogP contribution in [-0.4, -0.2) is 65.9 Å². The molecule has 1 aromatic carbocycles. The molecule has 0 unspecified atom stereocenters. The van der Waals surface area contributed by atoms with Gasteiger partial charge in [0.1, 0.15) is 0 Å². The van der Waals surface area contributed by atoms with Crippen molar-refractivity contribution in [3.8, 4) is 0 Å².